The van der Waals surface area contributed by atoms with E-state index in [-0.39, 0.29) is 6.04 Å². The van der Waals surface area contributed by atoms with Crippen LogP contribution in [0.3, 0.4) is 0 Å². The van der Waals surface area contributed by atoms with E-state index >= 15 is 0 Å². The number of fused-ring (bicyclic) bond motifs is 1. The Morgan fingerprint density at radius 2 is 2.04 bits per heavy atom. The maximum Gasteiger partial charge on any atom is 0.249 e. The van der Waals surface area contributed by atoms with Crippen LogP contribution in [0.5, 0.6) is 0 Å². The maximum atomic E-state index is 5.54. The normalized spacial score (nSPS) is 18.2. The van der Waals surface area contributed by atoms with E-state index in [1.807, 2.05) is 24.5 Å². The van der Waals surface area contributed by atoms with E-state index < -0.39 is 0 Å². The molecular formula is C18H23N5O. The lowest BCUT2D eigenvalue weighted by molar-refractivity contribution is 0.216. The van der Waals surface area contributed by atoms with Crippen LogP contribution in [-0.2, 0) is 6.42 Å². The first-order chi connectivity index (χ1) is 11.7. The molecule has 0 N–H and O–H groups in total. The van der Waals surface area contributed by atoms with Crippen LogP contribution in [0.1, 0.15) is 37.5 Å². The fourth-order valence-electron chi connectivity index (χ4n) is 3.45. The molecule has 1 aliphatic heterocycles. The van der Waals surface area contributed by atoms with Gasteiger partial charge in [-0.1, -0.05) is 17.3 Å². The van der Waals surface area contributed by atoms with Gasteiger partial charge in [0.25, 0.3) is 0 Å². The number of hydrogen-bond acceptors (Lipinski definition) is 5. The van der Waals surface area contributed by atoms with Crippen molar-refractivity contribution in [2.45, 2.75) is 32.2 Å². The zero-order chi connectivity index (χ0) is 16.5. The molecule has 6 heteroatoms. The molecule has 0 radical (unpaired) electrons. The summed E-state index contributed by atoms with van der Waals surface area (Å²) in [6.45, 7) is 4.39. The third-order valence-electron chi connectivity index (χ3n) is 5.05. The van der Waals surface area contributed by atoms with Crippen molar-refractivity contribution in [2.75, 3.05) is 20.1 Å². The van der Waals surface area contributed by atoms with Gasteiger partial charge in [-0.15, -0.1) is 0 Å². The van der Waals surface area contributed by atoms with Crippen molar-refractivity contribution in [1.82, 2.24) is 24.6 Å². The third kappa shape index (κ3) is 2.94. The minimum Gasteiger partial charge on any atom is -0.337 e. The van der Waals surface area contributed by atoms with E-state index in [9.17, 15) is 0 Å². The van der Waals surface area contributed by atoms with E-state index in [0.717, 1.165) is 36.4 Å². The molecule has 1 aromatic carbocycles. The second kappa shape index (κ2) is 6.36. The molecule has 1 aliphatic rings. The van der Waals surface area contributed by atoms with Crippen molar-refractivity contribution in [3.8, 4) is 0 Å². The third-order valence-corrected chi connectivity index (χ3v) is 5.05. The molecule has 126 valence electrons. The molecule has 1 atom stereocenters. The zero-order valence-electron chi connectivity index (χ0n) is 14.2. The van der Waals surface area contributed by atoms with E-state index in [0.29, 0.717) is 11.8 Å². The lowest BCUT2D eigenvalue weighted by Gasteiger charge is -2.28. The fourth-order valence-corrected chi connectivity index (χ4v) is 3.45. The average Bonchev–Trinajstić information content (AvgIpc) is 3.23. The van der Waals surface area contributed by atoms with Crippen molar-refractivity contribution >= 4 is 11.0 Å². The number of aromatic nitrogens is 4. The first-order valence-corrected chi connectivity index (χ1v) is 8.63. The number of imidazole rings is 1. The Labute approximate surface area is 141 Å². The standard InChI is InChI=1S/C18H23N5O/c1-13(23-12-19-15-5-3-4-6-16(15)23)18-20-17(21-24-18)11-14-7-9-22(2)10-8-14/h3-6,12-14H,7-11H2,1-2H3. The van der Waals surface area contributed by atoms with Gasteiger partial charge >= 0.3 is 0 Å². The molecule has 0 spiro atoms. The molecule has 0 amide bonds. The number of piperidine rings is 1. The fraction of sp³-hybridized carbons (Fsp3) is 0.500. The number of likely N-dealkylation sites (tertiary alicyclic amines) is 1. The number of hydrogen-bond donors (Lipinski definition) is 0. The molecule has 3 heterocycles. The molecule has 1 unspecified atom stereocenters. The Hall–Kier alpha value is -2.21. The van der Waals surface area contributed by atoms with Crippen LogP contribution in [0.2, 0.25) is 0 Å². The highest BCUT2D eigenvalue weighted by molar-refractivity contribution is 5.75. The van der Waals surface area contributed by atoms with Gasteiger partial charge in [-0.05, 0) is 58.0 Å². The summed E-state index contributed by atoms with van der Waals surface area (Å²) >= 11 is 0. The SMILES string of the molecule is CC(c1nc(CC2CCN(C)CC2)no1)n1cnc2ccccc21. The van der Waals surface area contributed by atoms with Crippen molar-refractivity contribution in [3.63, 3.8) is 0 Å². The van der Waals surface area contributed by atoms with Crippen LogP contribution in [0.4, 0.5) is 0 Å². The highest BCUT2D eigenvalue weighted by atomic mass is 16.5. The number of nitrogens with zero attached hydrogens (tertiary/aromatic N) is 5. The van der Waals surface area contributed by atoms with Crippen LogP contribution in [-0.4, -0.2) is 44.7 Å². The van der Waals surface area contributed by atoms with Crippen LogP contribution >= 0.6 is 0 Å². The van der Waals surface area contributed by atoms with Crippen LogP contribution in [0.15, 0.2) is 35.1 Å². The first-order valence-electron chi connectivity index (χ1n) is 8.63. The lowest BCUT2D eigenvalue weighted by atomic mass is 9.94. The summed E-state index contributed by atoms with van der Waals surface area (Å²) < 4.78 is 7.63. The molecule has 6 nitrogen and oxygen atoms in total. The van der Waals surface area contributed by atoms with Crippen molar-refractivity contribution < 1.29 is 4.52 Å². The second-order valence-electron chi connectivity index (χ2n) is 6.82. The number of para-hydroxylation sites is 2. The Kier molecular flexibility index (Phi) is 4.06. The zero-order valence-corrected chi connectivity index (χ0v) is 14.2. The van der Waals surface area contributed by atoms with Gasteiger partial charge in [0.2, 0.25) is 5.89 Å². The summed E-state index contributed by atoms with van der Waals surface area (Å²) in [5, 5.41) is 4.21. The molecule has 3 aromatic rings. The van der Waals surface area contributed by atoms with Crippen molar-refractivity contribution in [3.05, 3.63) is 42.3 Å². The van der Waals surface area contributed by atoms with E-state index in [1.54, 1.807) is 0 Å². The summed E-state index contributed by atoms with van der Waals surface area (Å²) in [4.78, 5) is 11.5. The number of rotatable bonds is 4. The Bertz CT molecular complexity index is 816. The Morgan fingerprint density at radius 1 is 1.25 bits per heavy atom. The highest BCUT2D eigenvalue weighted by Gasteiger charge is 2.22. The molecule has 1 fully saturated rings. The smallest absolute Gasteiger partial charge is 0.249 e. The number of benzene rings is 1. The predicted molar refractivity (Wildman–Crippen MR) is 91.8 cm³/mol. The van der Waals surface area contributed by atoms with E-state index in [4.69, 9.17) is 4.52 Å². The average molecular weight is 325 g/mol. The van der Waals surface area contributed by atoms with Crippen molar-refractivity contribution in [2.24, 2.45) is 5.92 Å². The van der Waals surface area contributed by atoms with Gasteiger partial charge < -0.3 is 14.0 Å². The first kappa shape index (κ1) is 15.3. The van der Waals surface area contributed by atoms with Gasteiger partial charge in [0.1, 0.15) is 6.04 Å². The van der Waals surface area contributed by atoms with Crippen LogP contribution < -0.4 is 0 Å². The molecule has 2 aromatic heterocycles. The summed E-state index contributed by atoms with van der Waals surface area (Å²) in [6.07, 6.45) is 5.18. The van der Waals surface area contributed by atoms with Gasteiger partial charge in [-0.3, -0.25) is 0 Å². The summed E-state index contributed by atoms with van der Waals surface area (Å²) in [6, 6.07) is 8.08. The lowest BCUT2D eigenvalue weighted by Crippen LogP contribution is -2.31. The maximum absolute atomic E-state index is 5.54. The van der Waals surface area contributed by atoms with Gasteiger partial charge in [0, 0.05) is 6.42 Å². The summed E-state index contributed by atoms with van der Waals surface area (Å²) in [5.74, 6) is 2.15. The molecule has 0 saturated carbocycles. The van der Waals surface area contributed by atoms with Gasteiger partial charge in [-0.2, -0.15) is 4.98 Å². The second-order valence-corrected chi connectivity index (χ2v) is 6.82. The van der Waals surface area contributed by atoms with Gasteiger partial charge in [0.15, 0.2) is 5.82 Å². The topological polar surface area (TPSA) is 60.0 Å². The Balaban J connectivity index is 1.50. The molecule has 1 saturated heterocycles. The minimum atomic E-state index is -0.0175. The minimum absolute atomic E-state index is 0.0175. The molecule has 0 aliphatic carbocycles. The van der Waals surface area contributed by atoms with Crippen LogP contribution in [0, 0.1) is 5.92 Å². The van der Waals surface area contributed by atoms with E-state index in [1.165, 1.54) is 12.8 Å². The highest BCUT2D eigenvalue weighted by Crippen LogP contribution is 2.24. The molecule has 0 bridgehead atoms. The van der Waals surface area contributed by atoms with Gasteiger partial charge in [-0.25, -0.2) is 4.98 Å². The summed E-state index contributed by atoms with van der Waals surface area (Å²) in [7, 11) is 2.18. The molecule has 4 rings (SSSR count). The van der Waals surface area contributed by atoms with E-state index in [2.05, 4.69) is 44.6 Å². The quantitative estimate of drug-likeness (QED) is 0.738. The summed E-state index contributed by atoms with van der Waals surface area (Å²) in [5.41, 5.74) is 2.07. The van der Waals surface area contributed by atoms with Crippen molar-refractivity contribution in [1.29, 1.82) is 0 Å². The predicted octanol–water partition coefficient (Wildman–Crippen LogP) is 2.91. The monoisotopic (exact) mass is 325 g/mol. The van der Waals surface area contributed by atoms with Gasteiger partial charge in [0.05, 0.1) is 17.4 Å². The largest absolute Gasteiger partial charge is 0.337 e. The Morgan fingerprint density at radius 3 is 2.88 bits per heavy atom. The molecular weight excluding hydrogens is 302 g/mol. The van der Waals surface area contributed by atoms with Crippen LogP contribution in [0.25, 0.3) is 11.0 Å². The molecule has 24 heavy (non-hydrogen) atoms.